The number of carbonyl (C=O) groups excluding carboxylic acids is 1. The molecule has 0 aliphatic rings. The standard InChI is InChI=1S/C16H26N2O2S/c1-12(2)13-6-4-5-7-15(13)20-10-9-18-16(19)14(17)8-11-21-3/h4-7,12,14H,8-11,17H2,1-3H3,(H,18,19)/t14-/m0/s1. The molecule has 1 aromatic rings. The fraction of sp³-hybridized carbons (Fsp3) is 0.562. The van der Waals surface area contributed by atoms with Crippen molar-refractivity contribution in [1.82, 2.24) is 5.32 Å². The van der Waals surface area contributed by atoms with E-state index in [1.165, 1.54) is 5.56 Å². The van der Waals surface area contributed by atoms with Gasteiger partial charge >= 0.3 is 0 Å². The first-order chi connectivity index (χ1) is 10.1. The first kappa shape index (κ1) is 17.9. The summed E-state index contributed by atoms with van der Waals surface area (Å²) >= 11 is 1.69. The molecule has 0 fully saturated rings. The number of para-hydroxylation sites is 1. The minimum atomic E-state index is -0.430. The zero-order chi connectivity index (χ0) is 15.7. The van der Waals surface area contributed by atoms with Gasteiger partial charge in [-0.05, 0) is 36.0 Å². The molecule has 1 rings (SSSR count). The number of ether oxygens (including phenoxy) is 1. The zero-order valence-corrected chi connectivity index (χ0v) is 13.9. The summed E-state index contributed by atoms with van der Waals surface area (Å²) in [5.74, 6) is 2.08. The average molecular weight is 310 g/mol. The van der Waals surface area contributed by atoms with E-state index in [-0.39, 0.29) is 5.91 Å². The van der Waals surface area contributed by atoms with Crippen molar-refractivity contribution in [2.75, 3.05) is 25.2 Å². The van der Waals surface area contributed by atoms with Crippen LogP contribution >= 0.6 is 11.8 Å². The molecule has 21 heavy (non-hydrogen) atoms. The Morgan fingerprint density at radius 2 is 2.10 bits per heavy atom. The number of benzene rings is 1. The third kappa shape index (κ3) is 6.40. The van der Waals surface area contributed by atoms with Gasteiger partial charge in [-0.1, -0.05) is 32.0 Å². The van der Waals surface area contributed by atoms with Crippen LogP contribution in [0.2, 0.25) is 0 Å². The molecule has 0 radical (unpaired) electrons. The maximum absolute atomic E-state index is 11.7. The average Bonchev–Trinajstić information content (AvgIpc) is 2.49. The van der Waals surface area contributed by atoms with E-state index in [9.17, 15) is 4.79 Å². The summed E-state index contributed by atoms with van der Waals surface area (Å²) in [6, 6.07) is 7.56. The predicted molar refractivity (Wildman–Crippen MR) is 90.0 cm³/mol. The molecule has 118 valence electrons. The van der Waals surface area contributed by atoms with Crippen molar-refractivity contribution in [2.45, 2.75) is 32.2 Å². The van der Waals surface area contributed by atoms with Gasteiger partial charge in [-0.25, -0.2) is 0 Å². The Hall–Kier alpha value is -1.20. The molecule has 0 bridgehead atoms. The Labute approximate surface area is 131 Å². The quantitative estimate of drug-likeness (QED) is 0.687. The Balaban J connectivity index is 2.33. The van der Waals surface area contributed by atoms with E-state index in [0.717, 1.165) is 11.5 Å². The van der Waals surface area contributed by atoms with Crippen LogP contribution < -0.4 is 15.8 Å². The van der Waals surface area contributed by atoms with Crippen molar-refractivity contribution < 1.29 is 9.53 Å². The summed E-state index contributed by atoms with van der Waals surface area (Å²) < 4.78 is 5.75. The van der Waals surface area contributed by atoms with Crippen molar-refractivity contribution in [3.8, 4) is 5.75 Å². The van der Waals surface area contributed by atoms with Gasteiger partial charge < -0.3 is 15.8 Å². The number of thioether (sulfide) groups is 1. The molecule has 1 amide bonds. The fourth-order valence-corrected chi connectivity index (χ4v) is 2.42. The van der Waals surface area contributed by atoms with Gasteiger partial charge in [0.25, 0.3) is 0 Å². The van der Waals surface area contributed by atoms with Crippen LogP contribution in [0.4, 0.5) is 0 Å². The van der Waals surface area contributed by atoms with Crippen molar-refractivity contribution in [3.05, 3.63) is 29.8 Å². The molecular weight excluding hydrogens is 284 g/mol. The van der Waals surface area contributed by atoms with E-state index in [4.69, 9.17) is 10.5 Å². The van der Waals surface area contributed by atoms with Gasteiger partial charge in [-0.3, -0.25) is 4.79 Å². The van der Waals surface area contributed by atoms with E-state index in [1.807, 2.05) is 24.5 Å². The van der Waals surface area contributed by atoms with Crippen molar-refractivity contribution in [1.29, 1.82) is 0 Å². The minimum absolute atomic E-state index is 0.107. The summed E-state index contributed by atoms with van der Waals surface area (Å²) in [4.78, 5) is 11.7. The summed E-state index contributed by atoms with van der Waals surface area (Å²) in [5.41, 5.74) is 6.98. The lowest BCUT2D eigenvalue weighted by Gasteiger charge is -2.15. The van der Waals surface area contributed by atoms with Gasteiger partial charge in [0.1, 0.15) is 12.4 Å². The monoisotopic (exact) mass is 310 g/mol. The first-order valence-corrected chi connectivity index (χ1v) is 8.69. The van der Waals surface area contributed by atoms with E-state index >= 15 is 0 Å². The summed E-state index contributed by atoms with van der Waals surface area (Å²) in [7, 11) is 0. The maximum Gasteiger partial charge on any atom is 0.237 e. The third-order valence-corrected chi connectivity index (χ3v) is 3.81. The number of amides is 1. The van der Waals surface area contributed by atoms with E-state index in [1.54, 1.807) is 11.8 Å². The smallest absolute Gasteiger partial charge is 0.237 e. The number of hydrogen-bond acceptors (Lipinski definition) is 4. The lowest BCUT2D eigenvalue weighted by Crippen LogP contribution is -2.42. The van der Waals surface area contributed by atoms with Crippen LogP contribution in [0.25, 0.3) is 0 Å². The maximum atomic E-state index is 11.7. The van der Waals surface area contributed by atoms with Crippen molar-refractivity contribution in [2.24, 2.45) is 5.73 Å². The molecule has 4 nitrogen and oxygen atoms in total. The van der Waals surface area contributed by atoms with E-state index < -0.39 is 6.04 Å². The molecule has 1 atom stereocenters. The van der Waals surface area contributed by atoms with Crippen LogP contribution in [-0.2, 0) is 4.79 Å². The van der Waals surface area contributed by atoms with Crippen LogP contribution in [-0.4, -0.2) is 37.1 Å². The molecule has 0 saturated heterocycles. The fourth-order valence-electron chi connectivity index (χ4n) is 1.93. The molecule has 1 aromatic carbocycles. The van der Waals surface area contributed by atoms with Gasteiger partial charge in [0.05, 0.1) is 12.6 Å². The third-order valence-electron chi connectivity index (χ3n) is 3.17. The van der Waals surface area contributed by atoms with Gasteiger partial charge in [-0.15, -0.1) is 0 Å². The van der Waals surface area contributed by atoms with Crippen LogP contribution in [0.3, 0.4) is 0 Å². The van der Waals surface area contributed by atoms with E-state index in [0.29, 0.717) is 25.5 Å². The minimum Gasteiger partial charge on any atom is -0.491 e. The second-order valence-electron chi connectivity index (χ2n) is 5.22. The van der Waals surface area contributed by atoms with Gasteiger partial charge in [-0.2, -0.15) is 11.8 Å². The number of rotatable bonds is 9. The second kappa shape index (κ2) is 9.68. The van der Waals surface area contributed by atoms with Crippen LogP contribution in [0.1, 0.15) is 31.7 Å². The highest BCUT2D eigenvalue weighted by Gasteiger charge is 2.12. The van der Waals surface area contributed by atoms with E-state index in [2.05, 4.69) is 25.2 Å². The van der Waals surface area contributed by atoms with Crippen molar-refractivity contribution in [3.63, 3.8) is 0 Å². The number of hydrogen-bond donors (Lipinski definition) is 2. The van der Waals surface area contributed by atoms with Crippen LogP contribution in [0.5, 0.6) is 5.75 Å². The van der Waals surface area contributed by atoms with Crippen molar-refractivity contribution >= 4 is 17.7 Å². The molecule has 5 heteroatoms. The highest BCUT2D eigenvalue weighted by molar-refractivity contribution is 7.98. The van der Waals surface area contributed by atoms with Crippen LogP contribution in [0.15, 0.2) is 24.3 Å². The Kier molecular flexibility index (Phi) is 8.23. The molecule has 0 heterocycles. The predicted octanol–water partition coefficient (Wildman–Crippen LogP) is 2.39. The molecule has 0 spiro atoms. The molecule has 0 aromatic heterocycles. The summed E-state index contributed by atoms with van der Waals surface area (Å²) in [5, 5.41) is 2.81. The Bertz CT molecular complexity index is 438. The molecule has 3 N–H and O–H groups in total. The number of nitrogens with two attached hydrogens (primary N) is 1. The molecule has 0 aliphatic carbocycles. The Morgan fingerprint density at radius 3 is 2.76 bits per heavy atom. The number of nitrogens with one attached hydrogen (secondary N) is 1. The molecule has 0 unspecified atom stereocenters. The highest BCUT2D eigenvalue weighted by atomic mass is 32.2. The summed E-state index contributed by atoms with van der Waals surface area (Å²) in [6.45, 7) is 5.19. The first-order valence-electron chi connectivity index (χ1n) is 7.30. The topological polar surface area (TPSA) is 64.4 Å². The second-order valence-corrected chi connectivity index (χ2v) is 6.21. The number of carbonyl (C=O) groups is 1. The van der Waals surface area contributed by atoms with Crippen LogP contribution in [0, 0.1) is 0 Å². The zero-order valence-electron chi connectivity index (χ0n) is 13.1. The van der Waals surface area contributed by atoms with Gasteiger partial charge in [0.15, 0.2) is 0 Å². The SMILES string of the molecule is CSCC[C@H](N)C(=O)NCCOc1ccccc1C(C)C. The van der Waals surface area contributed by atoms with Gasteiger partial charge in [0, 0.05) is 0 Å². The molecule has 0 aliphatic heterocycles. The molecule has 0 saturated carbocycles. The summed E-state index contributed by atoms with van der Waals surface area (Å²) in [6.07, 6.45) is 2.70. The normalized spacial score (nSPS) is 12.2. The van der Waals surface area contributed by atoms with Gasteiger partial charge in [0.2, 0.25) is 5.91 Å². The lowest BCUT2D eigenvalue weighted by molar-refractivity contribution is -0.122. The molecular formula is C16H26N2O2S. The largest absolute Gasteiger partial charge is 0.491 e. The Morgan fingerprint density at radius 1 is 1.38 bits per heavy atom. The lowest BCUT2D eigenvalue weighted by atomic mass is 10.0. The highest BCUT2D eigenvalue weighted by Crippen LogP contribution is 2.25.